The summed E-state index contributed by atoms with van der Waals surface area (Å²) in [7, 11) is 0. The number of aryl methyl sites for hydroxylation is 1. The normalized spacial score (nSPS) is 16.6. The minimum absolute atomic E-state index is 0.178. The first-order valence-electron chi connectivity index (χ1n) is 10.3. The van der Waals surface area contributed by atoms with Crippen LogP contribution < -0.4 is 10.6 Å². The van der Waals surface area contributed by atoms with Gasteiger partial charge in [0.2, 0.25) is 0 Å². The van der Waals surface area contributed by atoms with Crippen LogP contribution in [0.15, 0.2) is 47.7 Å². The van der Waals surface area contributed by atoms with Gasteiger partial charge < -0.3 is 15.4 Å². The molecule has 1 atom stereocenters. The fraction of sp³-hybridized carbons (Fsp3) is 0.524. The van der Waals surface area contributed by atoms with Gasteiger partial charge in [0.1, 0.15) is 0 Å². The maximum absolute atomic E-state index is 6.26. The molecule has 2 aromatic rings. The van der Waals surface area contributed by atoms with Crippen molar-refractivity contribution in [3.05, 3.63) is 53.3 Å². The van der Waals surface area contributed by atoms with E-state index in [0.29, 0.717) is 6.54 Å². The van der Waals surface area contributed by atoms with Gasteiger partial charge in [-0.1, -0.05) is 23.7 Å². The Morgan fingerprint density at radius 3 is 2.86 bits per heavy atom. The summed E-state index contributed by atoms with van der Waals surface area (Å²) in [4.78, 5) is 7.31. The highest BCUT2D eigenvalue weighted by atomic mass is 35.5. The molecule has 1 aromatic heterocycles. The molecule has 1 aliphatic heterocycles. The maximum atomic E-state index is 6.26. The SMILES string of the molecule is CCNC(=NCC(c1cccc(Cl)c1)N1CCOCC1)NCCCn1cccn1. The third kappa shape index (κ3) is 7.03. The minimum atomic E-state index is 0.178. The number of nitrogens with zero attached hydrogens (tertiary/aromatic N) is 4. The van der Waals surface area contributed by atoms with E-state index in [4.69, 9.17) is 21.3 Å². The summed E-state index contributed by atoms with van der Waals surface area (Å²) in [6, 6.07) is 10.2. The first-order chi connectivity index (χ1) is 14.3. The van der Waals surface area contributed by atoms with Crippen molar-refractivity contribution in [3.63, 3.8) is 0 Å². The second-order valence-corrected chi connectivity index (χ2v) is 7.42. The largest absolute Gasteiger partial charge is 0.379 e. The average Bonchev–Trinajstić information content (AvgIpc) is 3.26. The molecule has 158 valence electrons. The number of hydrogen-bond acceptors (Lipinski definition) is 4. The van der Waals surface area contributed by atoms with Gasteiger partial charge in [0.15, 0.2) is 5.96 Å². The molecule has 0 aliphatic carbocycles. The number of rotatable bonds is 9. The Balaban J connectivity index is 1.62. The number of aromatic nitrogens is 2. The zero-order chi connectivity index (χ0) is 20.3. The van der Waals surface area contributed by atoms with Crippen LogP contribution >= 0.6 is 11.6 Å². The second-order valence-electron chi connectivity index (χ2n) is 6.99. The topological polar surface area (TPSA) is 66.7 Å². The molecular formula is C21H31ClN6O. The highest BCUT2D eigenvalue weighted by molar-refractivity contribution is 6.30. The van der Waals surface area contributed by atoms with Crippen molar-refractivity contribution < 1.29 is 4.74 Å². The minimum Gasteiger partial charge on any atom is -0.379 e. The van der Waals surface area contributed by atoms with Crippen LogP contribution in [0.2, 0.25) is 5.02 Å². The van der Waals surface area contributed by atoms with Crippen molar-refractivity contribution in [2.24, 2.45) is 4.99 Å². The predicted octanol–water partition coefficient (Wildman–Crippen LogP) is 2.56. The number of morpholine rings is 1. The highest BCUT2D eigenvalue weighted by Crippen LogP contribution is 2.24. The summed E-state index contributed by atoms with van der Waals surface area (Å²) >= 11 is 6.26. The van der Waals surface area contributed by atoms with E-state index in [1.165, 1.54) is 5.56 Å². The molecule has 0 amide bonds. The van der Waals surface area contributed by atoms with E-state index in [1.807, 2.05) is 35.1 Å². The van der Waals surface area contributed by atoms with Crippen molar-refractivity contribution in [2.45, 2.75) is 25.9 Å². The summed E-state index contributed by atoms with van der Waals surface area (Å²) in [6.45, 7) is 8.61. The van der Waals surface area contributed by atoms with Gasteiger partial charge in [-0.2, -0.15) is 5.10 Å². The monoisotopic (exact) mass is 418 g/mol. The van der Waals surface area contributed by atoms with Crippen molar-refractivity contribution in [1.82, 2.24) is 25.3 Å². The molecule has 1 aliphatic rings. The van der Waals surface area contributed by atoms with Gasteiger partial charge in [-0.3, -0.25) is 14.6 Å². The first kappa shape index (κ1) is 21.6. The Labute approximate surface area is 178 Å². The standard InChI is InChI=1S/C21H31ClN6O/c1-2-23-21(24-8-4-10-28-11-5-9-26-28)25-17-20(27-12-14-29-15-13-27)18-6-3-7-19(22)16-18/h3,5-7,9,11,16,20H,2,4,8,10,12-15,17H2,1H3,(H2,23,24,25). The van der Waals surface area contributed by atoms with E-state index in [0.717, 1.165) is 63.3 Å². The van der Waals surface area contributed by atoms with Crippen molar-refractivity contribution in [1.29, 1.82) is 0 Å². The maximum Gasteiger partial charge on any atom is 0.191 e. The average molecular weight is 419 g/mol. The lowest BCUT2D eigenvalue weighted by Crippen LogP contribution is -2.42. The quantitative estimate of drug-likeness (QED) is 0.372. The number of ether oxygens (including phenoxy) is 1. The zero-order valence-electron chi connectivity index (χ0n) is 17.1. The molecule has 3 rings (SSSR count). The molecule has 0 saturated carbocycles. The lowest BCUT2D eigenvalue weighted by atomic mass is 10.0. The number of aliphatic imine (C=N–C) groups is 1. The molecule has 1 aromatic carbocycles. The van der Waals surface area contributed by atoms with E-state index in [9.17, 15) is 0 Å². The van der Waals surface area contributed by atoms with Crippen LogP contribution in [-0.2, 0) is 11.3 Å². The Hall–Kier alpha value is -2.09. The van der Waals surface area contributed by atoms with E-state index in [2.05, 4.69) is 33.6 Å². The molecule has 1 unspecified atom stereocenters. The predicted molar refractivity (Wildman–Crippen MR) is 117 cm³/mol. The lowest BCUT2D eigenvalue weighted by Gasteiger charge is -2.34. The molecule has 2 heterocycles. The Morgan fingerprint density at radius 2 is 2.14 bits per heavy atom. The Morgan fingerprint density at radius 1 is 1.28 bits per heavy atom. The van der Waals surface area contributed by atoms with E-state index in [-0.39, 0.29) is 6.04 Å². The van der Waals surface area contributed by atoms with Gasteiger partial charge >= 0.3 is 0 Å². The number of nitrogens with one attached hydrogen (secondary N) is 2. The number of halogens is 1. The Bertz CT molecular complexity index is 745. The van der Waals surface area contributed by atoms with Gasteiger partial charge in [-0.15, -0.1) is 0 Å². The fourth-order valence-corrected chi connectivity index (χ4v) is 3.63. The molecule has 2 N–H and O–H groups in total. The van der Waals surface area contributed by atoms with E-state index < -0.39 is 0 Å². The number of benzene rings is 1. The fourth-order valence-electron chi connectivity index (χ4n) is 3.43. The third-order valence-electron chi connectivity index (χ3n) is 4.90. The van der Waals surface area contributed by atoms with E-state index in [1.54, 1.807) is 6.20 Å². The van der Waals surface area contributed by atoms with Gasteiger partial charge in [0.25, 0.3) is 0 Å². The van der Waals surface area contributed by atoms with Crippen LogP contribution in [-0.4, -0.2) is 66.6 Å². The van der Waals surface area contributed by atoms with Crippen molar-refractivity contribution >= 4 is 17.6 Å². The molecule has 0 bridgehead atoms. The third-order valence-corrected chi connectivity index (χ3v) is 5.14. The van der Waals surface area contributed by atoms with Crippen LogP contribution in [0.3, 0.4) is 0 Å². The van der Waals surface area contributed by atoms with Gasteiger partial charge in [0, 0.05) is 50.1 Å². The van der Waals surface area contributed by atoms with E-state index >= 15 is 0 Å². The summed E-state index contributed by atoms with van der Waals surface area (Å²) < 4.78 is 7.48. The molecule has 29 heavy (non-hydrogen) atoms. The first-order valence-corrected chi connectivity index (χ1v) is 10.7. The summed E-state index contributed by atoms with van der Waals surface area (Å²) in [5, 5.41) is 11.8. The smallest absolute Gasteiger partial charge is 0.191 e. The number of guanidine groups is 1. The van der Waals surface area contributed by atoms with Gasteiger partial charge in [-0.25, -0.2) is 0 Å². The van der Waals surface area contributed by atoms with Crippen LogP contribution in [0, 0.1) is 0 Å². The summed E-state index contributed by atoms with van der Waals surface area (Å²) in [5.41, 5.74) is 1.19. The Kier molecular flexibility index (Phi) is 8.80. The lowest BCUT2D eigenvalue weighted by molar-refractivity contribution is 0.0180. The molecule has 0 spiro atoms. The zero-order valence-corrected chi connectivity index (χ0v) is 17.8. The summed E-state index contributed by atoms with van der Waals surface area (Å²) in [6.07, 6.45) is 4.77. The summed E-state index contributed by atoms with van der Waals surface area (Å²) in [5.74, 6) is 0.841. The highest BCUT2D eigenvalue weighted by Gasteiger charge is 2.22. The molecular weight excluding hydrogens is 388 g/mol. The molecule has 7 nitrogen and oxygen atoms in total. The van der Waals surface area contributed by atoms with Crippen LogP contribution in [0.1, 0.15) is 24.9 Å². The van der Waals surface area contributed by atoms with Gasteiger partial charge in [0.05, 0.1) is 25.8 Å². The van der Waals surface area contributed by atoms with Gasteiger partial charge in [-0.05, 0) is 37.1 Å². The number of hydrogen-bond donors (Lipinski definition) is 2. The molecule has 8 heteroatoms. The van der Waals surface area contributed by atoms with Crippen LogP contribution in [0.5, 0.6) is 0 Å². The van der Waals surface area contributed by atoms with Crippen LogP contribution in [0.25, 0.3) is 0 Å². The molecule has 0 radical (unpaired) electrons. The van der Waals surface area contributed by atoms with Crippen LogP contribution in [0.4, 0.5) is 0 Å². The molecule has 1 saturated heterocycles. The molecule has 1 fully saturated rings. The van der Waals surface area contributed by atoms with Crippen molar-refractivity contribution in [3.8, 4) is 0 Å². The second kappa shape index (κ2) is 11.8. The van der Waals surface area contributed by atoms with Crippen molar-refractivity contribution in [2.75, 3.05) is 45.9 Å².